The van der Waals surface area contributed by atoms with E-state index in [1.54, 1.807) is 19.1 Å². The summed E-state index contributed by atoms with van der Waals surface area (Å²) in [4.78, 5) is 21.2. The molecular formula is C10H12NO4-. The van der Waals surface area contributed by atoms with Gasteiger partial charge in [-0.1, -0.05) is 0 Å². The van der Waals surface area contributed by atoms with Gasteiger partial charge in [-0.15, -0.1) is 0 Å². The highest BCUT2D eigenvalue weighted by atomic mass is 16.4. The van der Waals surface area contributed by atoms with Gasteiger partial charge in [-0.05, 0) is 25.5 Å². The lowest BCUT2D eigenvalue weighted by Gasteiger charge is -2.03. The average molecular weight is 210 g/mol. The maximum Gasteiger partial charge on any atom is 0.220 e. The van der Waals surface area contributed by atoms with E-state index in [0.717, 1.165) is 5.76 Å². The summed E-state index contributed by atoms with van der Waals surface area (Å²) in [6.07, 6.45) is -0.328. The van der Waals surface area contributed by atoms with E-state index < -0.39 is 5.97 Å². The Morgan fingerprint density at radius 2 is 2.13 bits per heavy atom. The van der Waals surface area contributed by atoms with Crippen LogP contribution in [0.3, 0.4) is 0 Å². The van der Waals surface area contributed by atoms with Crippen molar-refractivity contribution in [2.45, 2.75) is 26.3 Å². The molecule has 5 nitrogen and oxygen atoms in total. The maximum absolute atomic E-state index is 11.1. The normalized spacial score (nSPS) is 9.93. The van der Waals surface area contributed by atoms with Crippen molar-refractivity contribution in [2.24, 2.45) is 0 Å². The number of carboxylic acids is 1. The number of aryl methyl sites for hydroxylation is 1. The highest BCUT2D eigenvalue weighted by molar-refractivity contribution is 5.79. The number of aliphatic carboxylic acids is 1. The van der Waals surface area contributed by atoms with Gasteiger partial charge in [0, 0.05) is 12.4 Å². The van der Waals surface area contributed by atoms with E-state index in [4.69, 9.17) is 4.42 Å². The molecule has 0 aliphatic rings. The van der Waals surface area contributed by atoms with Gasteiger partial charge in [0.2, 0.25) is 5.91 Å². The van der Waals surface area contributed by atoms with Gasteiger partial charge in [-0.2, -0.15) is 0 Å². The van der Waals surface area contributed by atoms with Gasteiger partial charge in [0.05, 0.1) is 6.54 Å². The molecule has 5 heteroatoms. The molecule has 15 heavy (non-hydrogen) atoms. The first-order valence-electron chi connectivity index (χ1n) is 4.60. The Balaban J connectivity index is 2.25. The van der Waals surface area contributed by atoms with Crippen molar-refractivity contribution in [1.82, 2.24) is 5.32 Å². The van der Waals surface area contributed by atoms with Crippen LogP contribution in [-0.4, -0.2) is 11.9 Å². The number of rotatable bonds is 5. The van der Waals surface area contributed by atoms with Crippen molar-refractivity contribution >= 4 is 11.9 Å². The smallest absolute Gasteiger partial charge is 0.220 e. The van der Waals surface area contributed by atoms with Gasteiger partial charge < -0.3 is 19.6 Å². The number of carbonyl (C=O) groups excluding carboxylic acids is 2. The molecule has 1 rings (SSSR count). The van der Waals surface area contributed by atoms with Crippen LogP contribution in [0.2, 0.25) is 0 Å². The highest BCUT2D eigenvalue weighted by Gasteiger charge is 2.03. The minimum Gasteiger partial charge on any atom is -0.550 e. The van der Waals surface area contributed by atoms with E-state index >= 15 is 0 Å². The summed E-state index contributed by atoms with van der Waals surface area (Å²) in [6, 6.07) is 3.55. The molecule has 0 aromatic carbocycles. The first-order chi connectivity index (χ1) is 7.08. The molecule has 0 unspecified atom stereocenters. The lowest BCUT2D eigenvalue weighted by atomic mass is 10.3. The fourth-order valence-electron chi connectivity index (χ4n) is 1.07. The molecule has 1 N–H and O–H groups in total. The summed E-state index contributed by atoms with van der Waals surface area (Å²) >= 11 is 0. The van der Waals surface area contributed by atoms with Crippen LogP contribution in [-0.2, 0) is 16.1 Å². The number of furan rings is 1. The molecule has 0 aliphatic carbocycles. The molecule has 0 fully saturated rings. The molecule has 0 radical (unpaired) electrons. The molecule has 1 amide bonds. The Morgan fingerprint density at radius 1 is 1.40 bits per heavy atom. The lowest BCUT2D eigenvalue weighted by Crippen LogP contribution is -2.27. The van der Waals surface area contributed by atoms with Crippen LogP contribution in [0.5, 0.6) is 0 Å². The Labute approximate surface area is 87.1 Å². The summed E-state index contributed by atoms with van der Waals surface area (Å²) in [5.41, 5.74) is 0. The van der Waals surface area contributed by atoms with Gasteiger partial charge in [-0.3, -0.25) is 4.79 Å². The average Bonchev–Trinajstić information content (AvgIpc) is 2.58. The predicted molar refractivity (Wildman–Crippen MR) is 49.5 cm³/mol. The zero-order valence-corrected chi connectivity index (χ0v) is 8.41. The van der Waals surface area contributed by atoms with E-state index in [-0.39, 0.29) is 25.3 Å². The molecular weight excluding hydrogens is 198 g/mol. The molecule has 0 spiro atoms. The molecule has 82 valence electrons. The van der Waals surface area contributed by atoms with Crippen molar-refractivity contribution in [2.75, 3.05) is 0 Å². The fraction of sp³-hybridized carbons (Fsp3) is 0.400. The maximum atomic E-state index is 11.1. The van der Waals surface area contributed by atoms with Crippen LogP contribution >= 0.6 is 0 Å². The lowest BCUT2D eigenvalue weighted by molar-refractivity contribution is -0.305. The number of carbonyl (C=O) groups is 2. The third kappa shape index (κ3) is 4.30. The monoisotopic (exact) mass is 210 g/mol. The predicted octanol–water partition coefficient (Wildman–Crippen LogP) is -0.266. The second kappa shape index (κ2) is 5.19. The van der Waals surface area contributed by atoms with E-state index in [9.17, 15) is 14.7 Å². The molecule has 0 saturated carbocycles. The van der Waals surface area contributed by atoms with Crippen molar-refractivity contribution in [1.29, 1.82) is 0 Å². The zero-order chi connectivity index (χ0) is 11.3. The first-order valence-corrected chi connectivity index (χ1v) is 4.60. The van der Waals surface area contributed by atoms with Gasteiger partial charge in [0.15, 0.2) is 0 Å². The van der Waals surface area contributed by atoms with E-state index in [1.807, 2.05) is 0 Å². The van der Waals surface area contributed by atoms with Crippen LogP contribution in [0.4, 0.5) is 0 Å². The van der Waals surface area contributed by atoms with Crippen molar-refractivity contribution in [3.63, 3.8) is 0 Å². The zero-order valence-electron chi connectivity index (χ0n) is 8.41. The largest absolute Gasteiger partial charge is 0.550 e. The van der Waals surface area contributed by atoms with Crippen molar-refractivity contribution in [3.05, 3.63) is 23.7 Å². The van der Waals surface area contributed by atoms with Gasteiger partial charge >= 0.3 is 0 Å². The van der Waals surface area contributed by atoms with Crippen molar-refractivity contribution in [3.8, 4) is 0 Å². The first kappa shape index (κ1) is 11.3. The summed E-state index contributed by atoms with van der Waals surface area (Å²) in [5.74, 6) is -0.129. The fourth-order valence-corrected chi connectivity index (χ4v) is 1.07. The number of carboxylic acid groups (broad SMARTS) is 1. The minimum atomic E-state index is -1.22. The summed E-state index contributed by atoms with van der Waals surface area (Å²) in [7, 11) is 0. The third-order valence-corrected chi connectivity index (χ3v) is 1.81. The quantitative estimate of drug-likeness (QED) is 0.725. The van der Waals surface area contributed by atoms with Gasteiger partial charge in [0.1, 0.15) is 11.5 Å². The van der Waals surface area contributed by atoms with E-state index in [1.165, 1.54) is 0 Å². The Morgan fingerprint density at radius 3 is 2.67 bits per heavy atom. The Bertz CT molecular complexity index is 356. The number of amides is 1. The number of nitrogens with one attached hydrogen (secondary N) is 1. The molecule has 0 atom stereocenters. The SMILES string of the molecule is Cc1ccc(CNC(=O)CCC(=O)[O-])o1. The molecule has 0 aliphatic heterocycles. The van der Waals surface area contributed by atoms with Crippen LogP contribution in [0, 0.1) is 6.92 Å². The number of hydrogen-bond donors (Lipinski definition) is 1. The summed E-state index contributed by atoms with van der Waals surface area (Å²) < 4.78 is 5.22. The van der Waals surface area contributed by atoms with Crippen LogP contribution < -0.4 is 10.4 Å². The van der Waals surface area contributed by atoms with Crippen LogP contribution in [0.25, 0.3) is 0 Å². The van der Waals surface area contributed by atoms with Crippen molar-refractivity contribution < 1.29 is 19.1 Å². The van der Waals surface area contributed by atoms with Crippen LogP contribution in [0.15, 0.2) is 16.5 Å². The second-order valence-corrected chi connectivity index (χ2v) is 3.16. The molecule has 0 bridgehead atoms. The van der Waals surface area contributed by atoms with E-state index in [0.29, 0.717) is 5.76 Å². The van der Waals surface area contributed by atoms with Crippen LogP contribution in [0.1, 0.15) is 24.4 Å². The second-order valence-electron chi connectivity index (χ2n) is 3.16. The summed E-state index contributed by atoms with van der Waals surface area (Å²) in [5, 5.41) is 12.6. The van der Waals surface area contributed by atoms with Gasteiger partial charge in [-0.25, -0.2) is 0 Å². The summed E-state index contributed by atoms with van der Waals surface area (Å²) in [6.45, 7) is 2.08. The molecule has 1 aromatic heterocycles. The molecule has 1 aromatic rings. The minimum absolute atomic E-state index is 0.0674. The molecule has 1 heterocycles. The topological polar surface area (TPSA) is 82.4 Å². The molecule has 0 saturated heterocycles. The third-order valence-electron chi connectivity index (χ3n) is 1.81. The standard InChI is InChI=1S/C10H13NO4/c1-7-2-3-8(15-7)6-11-9(12)4-5-10(13)14/h2-3H,4-6H2,1H3,(H,11,12)(H,13,14)/p-1. The van der Waals surface area contributed by atoms with E-state index in [2.05, 4.69) is 5.32 Å². The highest BCUT2D eigenvalue weighted by Crippen LogP contribution is 2.05. The number of hydrogen-bond acceptors (Lipinski definition) is 4. The Kier molecular flexibility index (Phi) is 3.91. The Hall–Kier alpha value is -1.78. The van der Waals surface area contributed by atoms with Gasteiger partial charge in [0.25, 0.3) is 0 Å².